The summed E-state index contributed by atoms with van der Waals surface area (Å²) in [7, 11) is -4.12. The molecule has 0 aliphatic carbocycles. The van der Waals surface area contributed by atoms with E-state index in [9.17, 15) is 23.3 Å². The number of nitro groups is 1. The van der Waals surface area contributed by atoms with Gasteiger partial charge in [-0.1, -0.05) is 11.6 Å². The molecule has 12 heteroatoms. The SMILES string of the molecule is CCOc1ccc(N(CC(=O)N/N=C\c2ccc([N+](=O)[O-])cc2)S(=O)(=O)c2ccc(Cl)cc2)cc1. The molecule has 0 heterocycles. The number of nitro benzene ring substituents is 1. The van der Waals surface area contributed by atoms with E-state index in [4.69, 9.17) is 16.3 Å². The van der Waals surface area contributed by atoms with Gasteiger partial charge >= 0.3 is 0 Å². The fraction of sp³-hybridized carbons (Fsp3) is 0.130. The van der Waals surface area contributed by atoms with Gasteiger partial charge < -0.3 is 4.74 Å². The smallest absolute Gasteiger partial charge is 0.269 e. The van der Waals surface area contributed by atoms with E-state index in [0.717, 1.165) is 4.31 Å². The number of halogens is 1. The minimum Gasteiger partial charge on any atom is -0.494 e. The van der Waals surface area contributed by atoms with Gasteiger partial charge in [0.1, 0.15) is 12.3 Å². The Labute approximate surface area is 207 Å². The minimum absolute atomic E-state index is 0.0436. The Morgan fingerprint density at radius 1 is 1.09 bits per heavy atom. The lowest BCUT2D eigenvalue weighted by Crippen LogP contribution is -2.39. The molecular weight excluding hydrogens is 496 g/mol. The van der Waals surface area contributed by atoms with E-state index in [1.807, 2.05) is 6.92 Å². The molecule has 0 bridgehead atoms. The zero-order valence-electron chi connectivity index (χ0n) is 18.5. The number of carbonyl (C=O) groups excluding carboxylic acids is 1. The molecule has 3 aromatic carbocycles. The van der Waals surface area contributed by atoms with Crippen LogP contribution in [0.4, 0.5) is 11.4 Å². The molecule has 0 fully saturated rings. The molecule has 182 valence electrons. The predicted molar refractivity (Wildman–Crippen MR) is 132 cm³/mol. The maximum atomic E-state index is 13.4. The monoisotopic (exact) mass is 516 g/mol. The highest BCUT2D eigenvalue weighted by Crippen LogP contribution is 2.26. The van der Waals surface area contributed by atoms with Crippen LogP contribution in [-0.2, 0) is 14.8 Å². The second-order valence-electron chi connectivity index (χ2n) is 7.03. The van der Waals surface area contributed by atoms with Crippen LogP contribution in [0.5, 0.6) is 5.75 Å². The molecule has 35 heavy (non-hydrogen) atoms. The summed E-state index contributed by atoms with van der Waals surface area (Å²) in [5.41, 5.74) is 2.95. The van der Waals surface area contributed by atoms with Crippen molar-refractivity contribution in [2.75, 3.05) is 17.5 Å². The summed E-state index contributed by atoms with van der Waals surface area (Å²) in [6.45, 7) is 1.71. The number of nitrogens with zero attached hydrogens (tertiary/aromatic N) is 3. The minimum atomic E-state index is -4.12. The first-order valence-corrected chi connectivity index (χ1v) is 12.1. The van der Waals surface area contributed by atoms with Gasteiger partial charge in [-0.05, 0) is 73.2 Å². The fourth-order valence-corrected chi connectivity index (χ4v) is 4.50. The molecule has 0 radical (unpaired) electrons. The van der Waals surface area contributed by atoms with E-state index in [1.54, 1.807) is 12.1 Å². The maximum absolute atomic E-state index is 13.4. The molecule has 1 N–H and O–H groups in total. The number of nitrogens with one attached hydrogen (secondary N) is 1. The number of ether oxygens (including phenoxy) is 1. The second-order valence-corrected chi connectivity index (χ2v) is 9.33. The number of anilines is 1. The first-order chi connectivity index (χ1) is 16.7. The van der Waals surface area contributed by atoms with Crippen molar-refractivity contribution in [1.82, 2.24) is 5.43 Å². The molecule has 0 aliphatic heterocycles. The van der Waals surface area contributed by atoms with Crippen LogP contribution in [0.1, 0.15) is 12.5 Å². The van der Waals surface area contributed by atoms with E-state index in [-0.39, 0.29) is 16.3 Å². The first-order valence-electron chi connectivity index (χ1n) is 10.3. The quantitative estimate of drug-likeness (QED) is 0.246. The van der Waals surface area contributed by atoms with Gasteiger partial charge in [0.15, 0.2) is 0 Å². The number of hydrogen-bond donors (Lipinski definition) is 1. The molecule has 0 saturated heterocycles. The van der Waals surface area contributed by atoms with Crippen LogP contribution in [0.25, 0.3) is 0 Å². The van der Waals surface area contributed by atoms with E-state index >= 15 is 0 Å². The van der Waals surface area contributed by atoms with E-state index in [1.165, 1.54) is 66.9 Å². The molecular formula is C23H21ClN4O6S. The van der Waals surface area contributed by atoms with Gasteiger partial charge in [-0.25, -0.2) is 13.8 Å². The van der Waals surface area contributed by atoms with E-state index < -0.39 is 27.4 Å². The number of sulfonamides is 1. The van der Waals surface area contributed by atoms with Crippen molar-refractivity contribution in [3.05, 3.63) is 93.5 Å². The highest BCUT2D eigenvalue weighted by molar-refractivity contribution is 7.92. The normalized spacial score (nSPS) is 11.3. The molecule has 0 aliphatic rings. The van der Waals surface area contributed by atoms with Crippen molar-refractivity contribution in [1.29, 1.82) is 0 Å². The summed E-state index contributed by atoms with van der Waals surface area (Å²) in [6, 6.07) is 17.4. The standard InChI is InChI=1S/C23H21ClN4O6S/c1-2-34-21-11-9-19(10-12-21)27(35(32,33)22-13-5-18(24)6-14-22)16-23(29)26-25-15-17-3-7-20(8-4-17)28(30)31/h3-15H,2,16H2,1H3,(H,26,29)/b25-15-. The molecule has 0 saturated carbocycles. The van der Waals surface area contributed by atoms with Crippen LogP contribution in [0, 0.1) is 10.1 Å². The largest absolute Gasteiger partial charge is 0.494 e. The number of hydrogen-bond acceptors (Lipinski definition) is 7. The summed E-state index contributed by atoms with van der Waals surface area (Å²) < 4.78 is 33.1. The van der Waals surface area contributed by atoms with Crippen LogP contribution >= 0.6 is 11.6 Å². The Bertz CT molecular complexity index is 1310. The Morgan fingerprint density at radius 3 is 2.29 bits per heavy atom. The van der Waals surface area contributed by atoms with Crippen molar-refractivity contribution < 1.29 is 22.9 Å². The first kappa shape index (κ1) is 25.7. The highest BCUT2D eigenvalue weighted by Gasteiger charge is 2.27. The average molecular weight is 517 g/mol. The van der Waals surface area contributed by atoms with E-state index in [0.29, 0.717) is 22.9 Å². The zero-order valence-corrected chi connectivity index (χ0v) is 20.1. The molecule has 1 amide bonds. The van der Waals surface area contributed by atoms with Crippen molar-refractivity contribution in [3.8, 4) is 5.75 Å². The molecule has 3 rings (SSSR count). The molecule has 10 nitrogen and oxygen atoms in total. The third kappa shape index (κ3) is 6.78. The molecule has 3 aromatic rings. The molecule has 0 spiro atoms. The number of non-ortho nitro benzene ring substituents is 1. The van der Waals surface area contributed by atoms with Gasteiger partial charge in [0.2, 0.25) is 0 Å². The van der Waals surface area contributed by atoms with Gasteiger partial charge in [0.05, 0.1) is 28.3 Å². The Kier molecular flexibility index (Phi) is 8.39. The topological polar surface area (TPSA) is 131 Å². The number of benzene rings is 3. The fourth-order valence-electron chi connectivity index (χ4n) is 2.95. The van der Waals surface area contributed by atoms with Crippen LogP contribution in [0.3, 0.4) is 0 Å². The third-order valence-electron chi connectivity index (χ3n) is 4.63. The molecule has 0 atom stereocenters. The Balaban J connectivity index is 1.81. The van der Waals surface area contributed by atoms with Crippen LogP contribution < -0.4 is 14.5 Å². The average Bonchev–Trinajstić information content (AvgIpc) is 2.84. The summed E-state index contributed by atoms with van der Waals surface area (Å²) in [6.07, 6.45) is 1.29. The number of amides is 1. The Hall–Kier alpha value is -3.96. The zero-order chi connectivity index (χ0) is 25.4. The number of rotatable bonds is 10. The lowest BCUT2D eigenvalue weighted by molar-refractivity contribution is -0.384. The second kappa shape index (κ2) is 11.4. The van der Waals surface area contributed by atoms with Gasteiger partial charge in [-0.3, -0.25) is 19.2 Å². The van der Waals surface area contributed by atoms with Crippen molar-refractivity contribution in [3.63, 3.8) is 0 Å². The van der Waals surface area contributed by atoms with Crippen molar-refractivity contribution in [2.45, 2.75) is 11.8 Å². The van der Waals surface area contributed by atoms with Crippen LogP contribution in [-0.4, -0.2) is 38.6 Å². The van der Waals surface area contributed by atoms with Gasteiger partial charge in [0.25, 0.3) is 21.6 Å². The summed E-state index contributed by atoms with van der Waals surface area (Å²) in [5.74, 6) is -0.146. The lowest BCUT2D eigenvalue weighted by atomic mass is 10.2. The summed E-state index contributed by atoms with van der Waals surface area (Å²) >= 11 is 5.89. The van der Waals surface area contributed by atoms with Gasteiger partial charge in [0, 0.05) is 17.2 Å². The third-order valence-corrected chi connectivity index (χ3v) is 6.67. The van der Waals surface area contributed by atoms with Gasteiger partial charge in [-0.15, -0.1) is 0 Å². The Morgan fingerprint density at radius 2 is 1.71 bits per heavy atom. The number of carbonyl (C=O) groups is 1. The van der Waals surface area contributed by atoms with Crippen LogP contribution in [0.2, 0.25) is 5.02 Å². The summed E-state index contributed by atoms with van der Waals surface area (Å²) in [4.78, 5) is 22.8. The van der Waals surface area contributed by atoms with Gasteiger partial charge in [-0.2, -0.15) is 5.10 Å². The van der Waals surface area contributed by atoms with Crippen molar-refractivity contribution >= 4 is 45.1 Å². The van der Waals surface area contributed by atoms with E-state index in [2.05, 4.69) is 10.5 Å². The summed E-state index contributed by atoms with van der Waals surface area (Å²) in [5, 5.41) is 14.9. The molecule has 0 aromatic heterocycles. The van der Waals surface area contributed by atoms with Crippen molar-refractivity contribution in [2.24, 2.45) is 5.10 Å². The highest BCUT2D eigenvalue weighted by atomic mass is 35.5. The predicted octanol–water partition coefficient (Wildman–Crippen LogP) is 3.99. The van der Waals surface area contributed by atoms with Crippen LogP contribution in [0.15, 0.2) is 82.8 Å². The number of hydrazone groups is 1. The maximum Gasteiger partial charge on any atom is 0.269 e. The molecule has 0 unspecified atom stereocenters. The lowest BCUT2D eigenvalue weighted by Gasteiger charge is -2.24.